The third-order valence-corrected chi connectivity index (χ3v) is 5.05. The van der Waals surface area contributed by atoms with Crippen LogP contribution >= 0.6 is 0 Å². The molecule has 2 saturated carbocycles. The Labute approximate surface area is 91.4 Å². The van der Waals surface area contributed by atoms with E-state index >= 15 is 0 Å². The van der Waals surface area contributed by atoms with Crippen molar-refractivity contribution < 1.29 is 9.53 Å². The lowest BCUT2D eigenvalue weighted by molar-refractivity contribution is -0.152. The highest BCUT2D eigenvalue weighted by Crippen LogP contribution is 2.60. The molecule has 3 atom stereocenters. The van der Waals surface area contributed by atoms with Crippen molar-refractivity contribution in [3.8, 4) is 0 Å². The van der Waals surface area contributed by atoms with Gasteiger partial charge in [0.05, 0.1) is 5.41 Å². The molecule has 0 amide bonds. The molecule has 2 bridgehead atoms. The molecule has 1 saturated heterocycles. The van der Waals surface area contributed by atoms with Crippen LogP contribution in [0.15, 0.2) is 0 Å². The van der Waals surface area contributed by atoms with Crippen LogP contribution in [0.1, 0.15) is 58.3 Å². The van der Waals surface area contributed by atoms with Crippen LogP contribution in [0.4, 0.5) is 0 Å². The zero-order valence-electron chi connectivity index (χ0n) is 9.55. The maximum atomic E-state index is 12.1. The molecule has 0 radical (unpaired) electrons. The van der Waals surface area contributed by atoms with Gasteiger partial charge in [0.25, 0.3) is 0 Å². The van der Waals surface area contributed by atoms with Gasteiger partial charge in [-0.05, 0) is 39.0 Å². The number of ether oxygens (including phenoxy) is 1. The lowest BCUT2D eigenvalue weighted by atomic mass is 9.60. The fourth-order valence-corrected chi connectivity index (χ4v) is 4.32. The van der Waals surface area contributed by atoms with Crippen LogP contribution < -0.4 is 0 Å². The van der Waals surface area contributed by atoms with E-state index in [1.807, 2.05) is 0 Å². The Kier molecular flexibility index (Phi) is 1.93. The molecule has 15 heavy (non-hydrogen) atoms. The van der Waals surface area contributed by atoms with Crippen LogP contribution in [0.2, 0.25) is 0 Å². The first-order valence-electron chi connectivity index (χ1n) is 6.41. The highest BCUT2D eigenvalue weighted by Gasteiger charge is 2.63. The van der Waals surface area contributed by atoms with Gasteiger partial charge >= 0.3 is 5.97 Å². The van der Waals surface area contributed by atoms with E-state index in [2.05, 4.69) is 6.92 Å². The molecule has 0 aromatic rings. The van der Waals surface area contributed by atoms with E-state index in [0.717, 1.165) is 19.3 Å². The number of hydrogen-bond donors (Lipinski definition) is 0. The predicted molar refractivity (Wildman–Crippen MR) is 57.4 cm³/mol. The van der Waals surface area contributed by atoms with Gasteiger partial charge < -0.3 is 4.74 Å². The third kappa shape index (κ3) is 1.14. The molecule has 0 aromatic carbocycles. The van der Waals surface area contributed by atoms with Crippen LogP contribution in [0.5, 0.6) is 0 Å². The van der Waals surface area contributed by atoms with E-state index in [0.29, 0.717) is 5.92 Å². The average Bonchev–Trinajstić information content (AvgIpc) is 2.40. The summed E-state index contributed by atoms with van der Waals surface area (Å²) in [6.07, 6.45) is 9.48. The SMILES string of the molecule is C[C@]12CCC[C@@]3(CCCCC[C@H]31)C(=O)O2. The van der Waals surface area contributed by atoms with Crippen molar-refractivity contribution >= 4 is 5.97 Å². The van der Waals surface area contributed by atoms with Gasteiger partial charge in [-0.15, -0.1) is 0 Å². The quantitative estimate of drug-likeness (QED) is 0.572. The monoisotopic (exact) mass is 208 g/mol. The largest absolute Gasteiger partial charge is 0.459 e. The zero-order chi connectivity index (χ0) is 10.5. The molecular formula is C13H20O2. The van der Waals surface area contributed by atoms with Crippen LogP contribution in [0.25, 0.3) is 0 Å². The number of carbonyl (C=O) groups is 1. The molecule has 1 heterocycles. The summed E-state index contributed by atoms with van der Waals surface area (Å²) in [5, 5.41) is 0. The Morgan fingerprint density at radius 1 is 1.13 bits per heavy atom. The molecule has 0 N–H and O–H groups in total. The molecule has 0 spiro atoms. The van der Waals surface area contributed by atoms with Crippen LogP contribution in [0.3, 0.4) is 0 Å². The van der Waals surface area contributed by atoms with Crippen molar-refractivity contribution in [2.75, 3.05) is 0 Å². The van der Waals surface area contributed by atoms with Crippen LogP contribution in [-0.4, -0.2) is 11.6 Å². The number of hydrogen-bond acceptors (Lipinski definition) is 2. The summed E-state index contributed by atoms with van der Waals surface area (Å²) in [4.78, 5) is 12.1. The van der Waals surface area contributed by atoms with Crippen molar-refractivity contribution in [2.24, 2.45) is 11.3 Å². The molecule has 3 rings (SSSR count). The van der Waals surface area contributed by atoms with Gasteiger partial charge in [0.1, 0.15) is 5.60 Å². The summed E-state index contributed by atoms with van der Waals surface area (Å²) < 4.78 is 5.73. The van der Waals surface area contributed by atoms with Gasteiger partial charge in [0, 0.05) is 5.92 Å². The van der Waals surface area contributed by atoms with Gasteiger partial charge in [0.15, 0.2) is 0 Å². The van der Waals surface area contributed by atoms with Gasteiger partial charge in [0.2, 0.25) is 0 Å². The minimum atomic E-state index is -0.111. The normalized spacial score (nSPS) is 49.4. The Hall–Kier alpha value is -0.530. The van der Waals surface area contributed by atoms with E-state index in [1.54, 1.807) is 0 Å². The van der Waals surface area contributed by atoms with E-state index in [9.17, 15) is 4.79 Å². The predicted octanol–water partition coefficient (Wildman–Crippen LogP) is 3.05. The summed E-state index contributed by atoms with van der Waals surface area (Å²) in [7, 11) is 0. The fraction of sp³-hybridized carbons (Fsp3) is 0.923. The fourth-order valence-electron chi connectivity index (χ4n) is 4.32. The number of carbonyl (C=O) groups excluding carboxylic acids is 1. The summed E-state index contributed by atoms with van der Waals surface area (Å²) in [5.74, 6) is 0.656. The maximum Gasteiger partial charge on any atom is 0.313 e. The van der Waals surface area contributed by atoms with E-state index in [4.69, 9.17) is 4.74 Å². The third-order valence-electron chi connectivity index (χ3n) is 5.05. The number of rotatable bonds is 0. The number of esters is 1. The Morgan fingerprint density at radius 3 is 2.80 bits per heavy atom. The topological polar surface area (TPSA) is 26.3 Å². The molecule has 0 aromatic heterocycles. The standard InChI is InChI=1S/C13H20O2/c1-12-7-5-9-13(11(14)15-12)8-4-2-3-6-10(12)13/h10H,2-9H2,1H3/t10-,12-,13+/m0/s1. The zero-order valence-corrected chi connectivity index (χ0v) is 9.55. The van der Waals surface area contributed by atoms with E-state index in [-0.39, 0.29) is 17.0 Å². The van der Waals surface area contributed by atoms with Crippen LogP contribution in [-0.2, 0) is 9.53 Å². The molecule has 3 aliphatic rings. The molecule has 0 unspecified atom stereocenters. The lowest BCUT2D eigenvalue weighted by Crippen LogP contribution is -2.42. The molecule has 2 aliphatic carbocycles. The van der Waals surface area contributed by atoms with Crippen molar-refractivity contribution in [3.63, 3.8) is 0 Å². The molecule has 2 heteroatoms. The Bertz CT molecular complexity index is 299. The van der Waals surface area contributed by atoms with Gasteiger partial charge in [-0.3, -0.25) is 4.79 Å². The second-order valence-electron chi connectivity index (χ2n) is 5.86. The van der Waals surface area contributed by atoms with E-state index in [1.165, 1.54) is 32.1 Å². The molecular weight excluding hydrogens is 188 g/mol. The van der Waals surface area contributed by atoms with E-state index < -0.39 is 0 Å². The second-order valence-corrected chi connectivity index (χ2v) is 5.86. The van der Waals surface area contributed by atoms with Gasteiger partial charge in [-0.1, -0.05) is 19.3 Å². The summed E-state index contributed by atoms with van der Waals surface area (Å²) in [5.41, 5.74) is -0.177. The van der Waals surface area contributed by atoms with Gasteiger partial charge in [-0.25, -0.2) is 0 Å². The first kappa shape index (κ1) is 9.68. The Morgan fingerprint density at radius 2 is 1.93 bits per heavy atom. The Balaban J connectivity index is 2.04. The van der Waals surface area contributed by atoms with Crippen molar-refractivity contribution in [2.45, 2.75) is 63.9 Å². The first-order valence-corrected chi connectivity index (χ1v) is 6.41. The van der Waals surface area contributed by atoms with Crippen molar-refractivity contribution in [1.82, 2.24) is 0 Å². The minimum absolute atomic E-state index is 0.0660. The minimum Gasteiger partial charge on any atom is -0.459 e. The first-order chi connectivity index (χ1) is 7.17. The van der Waals surface area contributed by atoms with Crippen LogP contribution in [0, 0.1) is 11.3 Å². The van der Waals surface area contributed by atoms with Gasteiger partial charge in [-0.2, -0.15) is 0 Å². The smallest absolute Gasteiger partial charge is 0.313 e. The molecule has 2 nitrogen and oxygen atoms in total. The summed E-state index contributed by atoms with van der Waals surface area (Å²) in [6.45, 7) is 2.17. The molecule has 1 aliphatic heterocycles. The summed E-state index contributed by atoms with van der Waals surface area (Å²) in [6, 6.07) is 0. The average molecular weight is 208 g/mol. The molecule has 84 valence electrons. The lowest BCUT2D eigenvalue weighted by Gasteiger charge is -2.40. The van der Waals surface area contributed by atoms with Crippen molar-refractivity contribution in [3.05, 3.63) is 0 Å². The highest BCUT2D eigenvalue weighted by molar-refractivity contribution is 5.81. The molecule has 3 fully saturated rings. The summed E-state index contributed by atoms with van der Waals surface area (Å²) >= 11 is 0. The maximum absolute atomic E-state index is 12.1. The highest BCUT2D eigenvalue weighted by atomic mass is 16.6. The van der Waals surface area contributed by atoms with Crippen molar-refractivity contribution in [1.29, 1.82) is 0 Å². The second kappa shape index (κ2) is 2.99.